The monoisotopic (exact) mass is 411 g/mol. The maximum atomic E-state index is 12.3. The number of aromatic amines is 1. The van der Waals surface area contributed by atoms with E-state index in [1.165, 1.54) is 17.4 Å². The van der Waals surface area contributed by atoms with Crippen LogP contribution in [0, 0.1) is 5.92 Å². The lowest BCUT2D eigenvalue weighted by Crippen LogP contribution is -2.38. The molecule has 1 aliphatic heterocycles. The second-order valence-electron chi connectivity index (χ2n) is 6.84. The first-order chi connectivity index (χ1) is 14.1. The average molecular weight is 411 g/mol. The first kappa shape index (κ1) is 19.2. The quantitative estimate of drug-likeness (QED) is 0.660. The van der Waals surface area contributed by atoms with E-state index in [0.717, 1.165) is 43.0 Å². The molecule has 0 spiro atoms. The highest BCUT2D eigenvalue weighted by Crippen LogP contribution is 2.24. The number of amides is 1. The molecule has 29 heavy (non-hydrogen) atoms. The molecule has 4 rings (SSSR count). The SMILES string of the molecule is CCc1cc(=O)[nH]c(-c2ccc(N3CCC(C(=O)Nc4nncs4)CC3)nc2)n1. The van der Waals surface area contributed by atoms with Crippen molar-refractivity contribution >= 4 is 28.2 Å². The van der Waals surface area contributed by atoms with E-state index in [1.807, 2.05) is 19.1 Å². The van der Waals surface area contributed by atoms with Crippen LogP contribution in [0.15, 0.2) is 34.7 Å². The minimum atomic E-state index is -0.162. The predicted molar refractivity (Wildman–Crippen MR) is 111 cm³/mol. The van der Waals surface area contributed by atoms with E-state index >= 15 is 0 Å². The zero-order valence-electron chi connectivity index (χ0n) is 16.0. The molecule has 9 nitrogen and oxygen atoms in total. The molecular formula is C19H21N7O2S. The Bertz CT molecular complexity index is 1030. The Morgan fingerprint density at radius 2 is 2.17 bits per heavy atom. The number of nitrogens with one attached hydrogen (secondary N) is 2. The molecular weight excluding hydrogens is 390 g/mol. The summed E-state index contributed by atoms with van der Waals surface area (Å²) in [6.45, 7) is 3.46. The number of hydrogen-bond acceptors (Lipinski definition) is 8. The Morgan fingerprint density at radius 1 is 1.34 bits per heavy atom. The minimum absolute atomic E-state index is 0.00413. The van der Waals surface area contributed by atoms with Gasteiger partial charge in [-0.15, -0.1) is 10.2 Å². The largest absolute Gasteiger partial charge is 0.357 e. The molecule has 0 bridgehead atoms. The van der Waals surface area contributed by atoms with E-state index < -0.39 is 0 Å². The Hall–Kier alpha value is -3.14. The summed E-state index contributed by atoms with van der Waals surface area (Å²) in [7, 11) is 0. The molecule has 1 saturated heterocycles. The van der Waals surface area contributed by atoms with Crippen molar-refractivity contribution in [1.29, 1.82) is 0 Å². The van der Waals surface area contributed by atoms with Crippen LogP contribution in [0.25, 0.3) is 11.4 Å². The van der Waals surface area contributed by atoms with Crippen LogP contribution in [0.2, 0.25) is 0 Å². The number of anilines is 2. The van der Waals surface area contributed by atoms with Gasteiger partial charge in [0.1, 0.15) is 17.2 Å². The molecule has 0 unspecified atom stereocenters. The van der Waals surface area contributed by atoms with Gasteiger partial charge in [-0.1, -0.05) is 18.3 Å². The summed E-state index contributed by atoms with van der Waals surface area (Å²) < 4.78 is 0. The zero-order chi connectivity index (χ0) is 20.2. The summed E-state index contributed by atoms with van der Waals surface area (Å²) in [6.07, 6.45) is 3.92. The summed E-state index contributed by atoms with van der Waals surface area (Å²) in [4.78, 5) is 38.1. The standard InChI is InChI=1S/C19H21N7O2S/c1-2-14-9-16(27)23-17(22-14)13-3-4-15(20-10-13)26-7-5-12(6-8-26)18(28)24-19-25-21-11-29-19/h3-4,9-12H,2,5-8H2,1H3,(H,22,23,27)(H,24,25,28). The molecule has 150 valence electrons. The van der Waals surface area contributed by atoms with E-state index in [0.29, 0.717) is 17.4 Å². The highest BCUT2D eigenvalue weighted by molar-refractivity contribution is 7.13. The molecule has 4 heterocycles. The summed E-state index contributed by atoms with van der Waals surface area (Å²) in [5.41, 5.74) is 2.95. The Labute approximate surface area is 171 Å². The summed E-state index contributed by atoms with van der Waals surface area (Å²) in [5.74, 6) is 1.34. The third kappa shape index (κ3) is 4.48. The summed E-state index contributed by atoms with van der Waals surface area (Å²) in [5, 5.41) is 10.9. The Kier molecular flexibility index (Phi) is 5.61. The topological polar surface area (TPSA) is 117 Å². The van der Waals surface area contributed by atoms with Crippen molar-refractivity contribution in [2.24, 2.45) is 5.92 Å². The molecule has 3 aromatic heterocycles. The highest BCUT2D eigenvalue weighted by Gasteiger charge is 2.26. The van der Waals surface area contributed by atoms with Gasteiger partial charge in [0, 0.05) is 42.5 Å². The van der Waals surface area contributed by atoms with Crippen LogP contribution in [0.1, 0.15) is 25.5 Å². The number of piperidine rings is 1. The lowest BCUT2D eigenvalue weighted by Gasteiger charge is -2.32. The average Bonchev–Trinajstić information content (AvgIpc) is 3.26. The zero-order valence-corrected chi connectivity index (χ0v) is 16.8. The second kappa shape index (κ2) is 8.48. The molecule has 1 amide bonds. The molecule has 3 aromatic rings. The van der Waals surface area contributed by atoms with Crippen molar-refractivity contribution in [3.05, 3.63) is 46.0 Å². The highest BCUT2D eigenvalue weighted by atomic mass is 32.1. The molecule has 10 heteroatoms. The van der Waals surface area contributed by atoms with E-state index in [2.05, 4.69) is 35.4 Å². The van der Waals surface area contributed by atoms with Crippen LogP contribution < -0.4 is 15.8 Å². The van der Waals surface area contributed by atoms with Crippen LogP contribution in [0.5, 0.6) is 0 Å². The molecule has 0 aliphatic carbocycles. The Morgan fingerprint density at radius 3 is 2.83 bits per heavy atom. The van der Waals surface area contributed by atoms with E-state index in [1.54, 1.807) is 11.7 Å². The maximum Gasteiger partial charge on any atom is 0.251 e. The van der Waals surface area contributed by atoms with Gasteiger partial charge in [-0.25, -0.2) is 9.97 Å². The number of carbonyl (C=O) groups excluding carboxylic acids is 1. The maximum absolute atomic E-state index is 12.3. The number of nitrogens with zero attached hydrogens (tertiary/aromatic N) is 5. The molecule has 2 N–H and O–H groups in total. The van der Waals surface area contributed by atoms with Crippen molar-refractivity contribution in [3.63, 3.8) is 0 Å². The summed E-state index contributed by atoms with van der Waals surface area (Å²) in [6, 6.07) is 5.35. The fourth-order valence-electron chi connectivity index (χ4n) is 3.34. The first-order valence-corrected chi connectivity index (χ1v) is 10.4. The molecule has 1 aliphatic rings. The smallest absolute Gasteiger partial charge is 0.251 e. The fourth-order valence-corrected chi connectivity index (χ4v) is 3.79. The number of aromatic nitrogens is 5. The van der Waals surface area contributed by atoms with Gasteiger partial charge in [-0.2, -0.15) is 0 Å². The third-order valence-electron chi connectivity index (χ3n) is 4.96. The first-order valence-electron chi connectivity index (χ1n) is 9.51. The normalized spacial score (nSPS) is 14.7. The lowest BCUT2D eigenvalue weighted by atomic mass is 9.96. The van der Waals surface area contributed by atoms with Crippen molar-refractivity contribution in [3.8, 4) is 11.4 Å². The van der Waals surface area contributed by atoms with Crippen LogP contribution in [-0.4, -0.2) is 44.1 Å². The van der Waals surface area contributed by atoms with E-state index in [-0.39, 0.29) is 17.4 Å². The van der Waals surface area contributed by atoms with Gasteiger partial charge in [0.25, 0.3) is 5.56 Å². The number of hydrogen-bond donors (Lipinski definition) is 2. The van der Waals surface area contributed by atoms with Gasteiger partial charge < -0.3 is 15.2 Å². The fraction of sp³-hybridized carbons (Fsp3) is 0.368. The third-order valence-corrected chi connectivity index (χ3v) is 5.56. The predicted octanol–water partition coefficient (Wildman–Crippen LogP) is 2.10. The van der Waals surface area contributed by atoms with Crippen LogP contribution in [-0.2, 0) is 11.2 Å². The van der Waals surface area contributed by atoms with Gasteiger partial charge in [-0.3, -0.25) is 9.59 Å². The summed E-state index contributed by atoms with van der Waals surface area (Å²) >= 11 is 1.31. The second-order valence-corrected chi connectivity index (χ2v) is 7.67. The van der Waals surface area contributed by atoms with Crippen LogP contribution >= 0.6 is 11.3 Å². The van der Waals surface area contributed by atoms with Gasteiger partial charge in [0.15, 0.2) is 0 Å². The van der Waals surface area contributed by atoms with Crippen LogP contribution in [0.4, 0.5) is 10.9 Å². The van der Waals surface area contributed by atoms with E-state index in [4.69, 9.17) is 0 Å². The van der Waals surface area contributed by atoms with Crippen molar-refractivity contribution in [2.45, 2.75) is 26.2 Å². The number of aryl methyl sites for hydroxylation is 1. The van der Waals surface area contributed by atoms with Crippen molar-refractivity contribution in [2.75, 3.05) is 23.3 Å². The van der Waals surface area contributed by atoms with Gasteiger partial charge >= 0.3 is 0 Å². The molecule has 0 atom stereocenters. The lowest BCUT2D eigenvalue weighted by molar-refractivity contribution is -0.120. The number of carbonyl (C=O) groups is 1. The minimum Gasteiger partial charge on any atom is -0.357 e. The number of rotatable bonds is 5. The molecule has 0 aromatic carbocycles. The van der Waals surface area contributed by atoms with Crippen molar-refractivity contribution < 1.29 is 4.79 Å². The molecule has 1 fully saturated rings. The van der Waals surface area contributed by atoms with E-state index in [9.17, 15) is 9.59 Å². The Balaban J connectivity index is 1.38. The number of pyridine rings is 1. The molecule has 0 radical (unpaired) electrons. The van der Waals surface area contributed by atoms with Gasteiger partial charge in [0.2, 0.25) is 11.0 Å². The van der Waals surface area contributed by atoms with Gasteiger partial charge in [0.05, 0.1) is 0 Å². The molecule has 0 saturated carbocycles. The van der Waals surface area contributed by atoms with Gasteiger partial charge in [-0.05, 0) is 31.4 Å². The van der Waals surface area contributed by atoms with Crippen molar-refractivity contribution in [1.82, 2.24) is 25.1 Å². The van der Waals surface area contributed by atoms with Crippen LogP contribution in [0.3, 0.4) is 0 Å². The number of H-pyrrole nitrogens is 1.